The molecule has 1 rings (SSSR count). The van der Waals surface area contributed by atoms with Crippen LogP contribution in [0, 0.1) is 0 Å². The van der Waals surface area contributed by atoms with E-state index in [1.54, 1.807) is 0 Å². The zero-order chi connectivity index (χ0) is 12.7. The van der Waals surface area contributed by atoms with E-state index in [0.717, 1.165) is 30.7 Å². The van der Waals surface area contributed by atoms with Gasteiger partial charge in [-0.3, -0.25) is 0 Å². The van der Waals surface area contributed by atoms with E-state index < -0.39 is 0 Å². The molecule has 0 aliphatic carbocycles. The number of hydrogen-bond donors (Lipinski definition) is 1. The predicted octanol–water partition coefficient (Wildman–Crippen LogP) is -1.41. The molecule has 18 heavy (non-hydrogen) atoms. The summed E-state index contributed by atoms with van der Waals surface area (Å²) in [6.45, 7) is 6.33. The molecule has 0 saturated heterocycles. The molecule has 0 aliphatic heterocycles. The molecule has 0 saturated carbocycles. The number of halogens is 1. The van der Waals surface area contributed by atoms with Crippen LogP contribution in [0.4, 0.5) is 5.69 Å². The van der Waals surface area contributed by atoms with E-state index in [9.17, 15) is 0 Å². The number of rotatable bonds is 7. The second-order valence-corrected chi connectivity index (χ2v) is 5.02. The second kappa shape index (κ2) is 8.35. The molecule has 1 aromatic rings. The van der Waals surface area contributed by atoms with Crippen molar-refractivity contribution in [3.8, 4) is 0 Å². The van der Waals surface area contributed by atoms with Crippen LogP contribution in [-0.2, 0) is 0 Å². The van der Waals surface area contributed by atoms with Crippen LogP contribution in [-0.4, -0.2) is 56.5 Å². The van der Waals surface area contributed by atoms with Crippen LogP contribution in [0.3, 0.4) is 0 Å². The molecular formula is C14H25ClN2O. The minimum Gasteiger partial charge on any atom is -1.00 e. The Labute approximate surface area is 117 Å². The molecule has 1 aromatic carbocycles. The smallest absolute Gasteiger partial charge is 0.102 e. The van der Waals surface area contributed by atoms with Gasteiger partial charge in [-0.25, -0.2) is 0 Å². The maximum atomic E-state index is 9.01. The third-order valence-corrected chi connectivity index (χ3v) is 3.18. The summed E-state index contributed by atoms with van der Waals surface area (Å²) in [4.78, 5) is 2.37. The molecule has 0 atom stereocenters. The normalized spacial score (nSPS) is 10.9. The van der Waals surface area contributed by atoms with E-state index in [-0.39, 0.29) is 19.0 Å². The van der Waals surface area contributed by atoms with Gasteiger partial charge in [0.15, 0.2) is 0 Å². The summed E-state index contributed by atoms with van der Waals surface area (Å²) in [7, 11) is 4.32. The zero-order valence-electron chi connectivity index (χ0n) is 11.6. The fourth-order valence-corrected chi connectivity index (χ4v) is 1.88. The lowest BCUT2D eigenvalue weighted by molar-refractivity contribution is -0.889. The first-order valence-electron chi connectivity index (χ1n) is 6.32. The first-order valence-corrected chi connectivity index (χ1v) is 6.32. The Morgan fingerprint density at radius 1 is 1.11 bits per heavy atom. The summed E-state index contributed by atoms with van der Waals surface area (Å²) in [5.41, 5.74) is 1.28. The van der Waals surface area contributed by atoms with E-state index in [2.05, 4.69) is 50.2 Å². The first kappa shape index (κ1) is 17.2. The van der Waals surface area contributed by atoms with Crippen molar-refractivity contribution in [2.75, 3.05) is 51.8 Å². The minimum absolute atomic E-state index is 0. The van der Waals surface area contributed by atoms with Crippen molar-refractivity contribution in [1.29, 1.82) is 0 Å². The summed E-state index contributed by atoms with van der Waals surface area (Å²) in [6.07, 6.45) is 0. The number of aliphatic hydroxyl groups is 1. The average Bonchev–Trinajstić information content (AvgIpc) is 2.31. The minimum atomic E-state index is 0. The number of likely N-dealkylation sites (N-methyl/N-ethyl adjacent to an activating group) is 2. The highest BCUT2D eigenvalue weighted by molar-refractivity contribution is 5.45. The van der Waals surface area contributed by atoms with Gasteiger partial charge in [0.05, 0.1) is 33.8 Å². The van der Waals surface area contributed by atoms with Crippen molar-refractivity contribution in [3.05, 3.63) is 30.3 Å². The number of benzene rings is 1. The molecule has 104 valence electrons. The van der Waals surface area contributed by atoms with E-state index in [1.807, 2.05) is 6.07 Å². The number of hydrogen-bond acceptors (Lipinski definition) is 2. The molecule has 0 bridgehead atoms. The summed E-state index contributed by atoms with van der Waals surface area (Å²) >= 11 is 0. The van der Waals surface area contributed by atoms with E-state index in [0.29, 0.717) is 0 Å². The van der Waals surface area contributed by atoms with Gasteiger partial charge in [0, 0.05) is 12.2 Å². The van der Waals surface area contributed by atoms with Crippen LogP contribution in [0.2, 0.25) is 0 Å². The van der Waals surface area contributed by atoms with Gasteiger partial charge in [-0.05, 0) is 19.1 Å². The van der Waals surface area contributed by atoms with Gasteiger partial charge >= 0.3 is 0 Å². The first-order chi connectivity index (χ1) is 8.09. The Bertz CT molecular complexity index is 317. The number of para-hydroxylation sites is 1. The van der Waals surface area contributed by atoms with Crippen LogP contribution in [0.15, 0.2) is 30.3 Å². The number of anilines is 1. The largest absolute Gasteiger partial charge is 1.00 e. The third kappa shape index (κ3) is 5.71. The number of aliphatic hydroxyl groups excluding tert-OH is 1. The summed E-state index contributed by atoms with van der Waals surface area (Å²) in [5.74, 6) is 0. The lowest BCUT2D eigenvalue weighted by Crippen LogP contribution is -3.00. The highest BCUT2D eigenvalue weighted by Gasteiger charge is 2.15. The molecule has 0 amide bonds. The number of quaternary nitrogens is 1. The van der Waals surface area contributed by atoms with Crippen molar-refractivity contribution < 1.29 is 22.0 Å². The molecule has 4 heteroatoms. The highest BCUT2D eigenvalue weighted by Crippen LogP contribution is 2.12. The quantitative estimate of drug-likeness (QED) is 0.617. The highest BCUT2D eigenvalue weighted by atomic mass is 35.5. The molecule has 3 nitrogen and oxygen atoms in total. The van der Waals surface area contributed by atoms with Crippen molar-refractivity contribution in [3.63, 3.8) is 0 Å². The number of nitrogens with zero attached hydrogens (tertiary/aromatic N) is 2. The zero-order valence-corrected chi connectivity index (χ0v) is 12.4. The van der Waals surface area contributed by atoms with Gasteiger partial charge in [0.25, 0.3) is 0 Å². The van der Waals surface area contributed by atoms with Crippen molar-refractivity contribution >= 4 is 5.69 Å². The SMILES string of the molecule is CCN(CC[N+](C)(C)CCO)c1ccccc1.[Cl-]. The Balaban J connectivity index is 0.00000289. The fraction of sp³-hybridized carbons (Fsp3) is 0.571. The second-order valence-electron chi connectivity index (χ2n) is 5.02. The van der Waals surface area contributed by atoms with Crippen molar-refractivity contribution in [2.24, 2.45) is 0 Å². The Morgan fingerprint density at radius 3 is 2.22 bits per heavy atom. The Morgan fingerprint density at radius 2 is 1.72 bits per heavy atom. The summed E-state index contributed by atoms with van der Waals surface area (Å²) in [5, 5.41) is 9.01. The van der Waals surface area contributed by atoms with Crippen LogP contribution in [0.5, 0.6) is 0 Å². The van der Waals surface area contributed by atoms with Crippen LogP contribution >= 0.6 is 0 Å². The third-order valence-electron chi connectivity index (χ3n) is 3.18. The van der Waals surface area contributed by atoms with Crippen molar-refractivity contribution in [1.82, 2.24) is 0 Å². The lowest BCUT2D eigenvalue weighted by Gasteiger charge is -2.32. The molecule has 0 fully saturated rings. The molecule has 0 aliphatic rings. The van der Waals surface area contributed by atoms with Crippen LogP contribution < -0.4 is 17.3 Å². The summed E-state index contributed by atoms with van der Waals surface area (Å²) in [6, 6.07) is 10.5. The van der Waals surface area contributed by atoms with Crippen molar-refractivity contribution in [2.45, 2.75) is 6.92 Å². The monoisotopic (exact) mass is 272 g/mol. The maximum Gasteiger partial charge on any atom is 0.102 e. The molecule has 0 radical (unpaired) electrons. The average molecular weight is 273 g/mol. The topological polar surface area (TPSA) is 23.5 Å². The van der Waals surface area contributed by atoms with Gasteiger partial charge in [-0.15, -0.1) is 0 Å². The van der Waals surface area contributed by atoms with E-state index in [1.165, 1.54) is 5.69 Å². The standard InChI is InChI=1S/C14H25N2O.ClH/c1-4-15(14-8-6-5-7-9-14)10-11-16(2,3)12-13-17;/h5-9,17H,4,10-13H2,1-3H3;1H/q+1;/p-1. The molecule has 1 N–H and O–H groups in total. The molecule has 0 unspecified atom stereocenters. The Kier molecular flexibility index (Phi) is 8.00. The van der Waals surface area contributed by atoms with Gasteiger partial charge in [0.2, 0.25) is 0 Å². The predicted molar refractivity (Wildman–Crippen MR) is 73.3 cm³/mol. The molecular weight excluding hydrogens is 248 g/mol. The summed E-state index contributed by atoms with van der Waals surface area (Å²) < 4.78 is 0.861. The van der Waals surface area contributed by atoms with Gasteiger partial charge in [-0.1, -0.05) is 18.2 Å². The van der Waals surface area contributed by atoms with Crippen LogP contribution in [0.1, 0.15) is 6.92 Å². The molecule has 0 aromatic heterocycles. The molecule has 0 heterocycles. The van der Waals surface area contributed by atoms with Gasteiger partial charge in [-0.2, -0.15) is 0 Å². The van der Waals surface area contributed by atoms with Gasteiger partial charge in [0.1, 0.15) is 6.54 Å². The van der Waals surface area contributed by atoms with Gasteiger partial charge < -0.3 is 26.9 Å². The van der Waals surface area contributed by atoms with Crippen LogP contribution in [0.25, 0.3) is 0 Å². The lowest BCUT2D eigenvalue weighted by atomic mass is 10.3. The van der Waals surface area contributed by atoms with E-state index in [4.69, 9.17) is 5.11 Å². The fourth-order valence-electron chi connectivity index (χ4n) is 1.88. The molecule has 0 spiro atoms. The Hall–Kier alpha value is -0.770. The maximum absolute atomic E-state index is 9.01. The van der Waals surface area contributed by atoms with E-state index >= 15 is 0 Å².